The second-order valence-corrected chi connectivity index (χ2v) is 11.2. The van der Waals surface area contributed by atoms with Gasteiger partial charge in [-0.25, -0.2) is 0 Å². The topological polar surface area (TPSA) is 41.3 Å². The quantitative estimate of drug-likeness (QED) is 0.491. The summed E-state index contributed by atoms with van der Waals surface area (Å²) in [6.45, 7) is 9.86. The van der Waals surface area contributed by atoms with Gasteiger partial charge in [-0.3, -0.25) is 4.90 Å². The van der Waals surface area contributed by atoms with E-state index in [9.17, 15) is 0 Å². The van der Waals surface area contributed by atoms with Gasteiger partial charge in [0.1, 0.15) is 0 Å². The fourth-order valence-electron chi connectivity index (χ4n) is 7.75. The number of piperidine rings is 1. The molecule has 30 heavy (non-hydrogen) atoms. The maximum absolute atomic E-state index is 6.23. The summed E-state index contributed by atoms with van der Waals surface area (Å²) in [4.78, 5) is 3.10. The molecule has 0 aromatic heterocycles. The van der Waals surface area contributed by atoms with Crippen LogP contribution in [0.2, 0.25) is 0 Å². The van der Waals surface area contributed by atoms with Gasteiger partial charge in [0.05, 0.1) is 11.4 Å². The first kappa shape index (κ1) is 22.0. The van der Waals surface area contributed by atoms with Crippen molar-refractivity contribution in [2.75, 3.05) is 11.1 Å². The van der Waals surface area contributed by atoms with Gasteiger partial charge in [-0.05, 0) is 81.3 Å². The number of anilines is 2. The minimum Gasteiger partial charge on any atom is -0.397 e. The molecule has 5 atom stereocenters. The summed E-state index contributed by atoms with van der Waals surface area (Å²) in [7, 11) is 0. The number of nitrogens with one attached hydrogen (secondary N) is 1. The molecule has 0 spiro atoms. The van der Waals surface area contributed by atoms with E-state index in [2.05, 4.69) is 50.0 Å². The smallest absolute Gasteiger partial charge is 0.0576 e. The van der Waals surface area contributed by atoms with Crippen molar-refractivity contribution in [1.29, 1.82) is 0 Å². The van der Waals surface area contributed by atoms with Gasteiger partial charge in [0.2, 0.25) is 0 Å². The molecule has 4 rings (SSSR count). The molecular weight excluding hydrogens is 366 g/mol. The first-order chi connectivity index (χ1) is 14.4. The average Bonchev–Trinajstić information content (AvgIpc) is 2.99. The van der Waals surface area contributed by atoms with Gasteiger partial charge < -0.3 is 11.1 Å². The third kappa shape index (κ3) is 4.38. The molecule has 3 N–H and O–H groups in total. The molecule has 2 saturated heterocycles. The zero-order chi connectivity index (χ0) is 21.3. The van der Waals surface area contributed by atoms with E-state index >= 15 is 0 Å². The van der Waals surface area contributed by atoms with E-state index in [4.69, 9.17) is 5.73 Å². The predicted octanol–water partition coefficient (Wildman–Crippen LogP) is 6.70. The summed E-state index contributed by atoms with van der Waals surface area (Å²) in [6.07, 6.45) is 13.7. The Morgan fingerprint density at radius 3 is 2.17 bits per heavy atom. The number of hydrogen-bond acceptors (Lipinski definition) is 3. The fraction of sp³-hybridized carbons (Fsp3) is 0.778. The fourth-order valence-corrected chi connectivity index (χ4v) is 7.75. The molecule has 1 aromatic rings. The highest BCUT2D eigenvalue weighted by atomic mass is 15.3. The van der Waals surface area contributed by atoms with Crippen molar-refractivity contribution >= 4 is 11.4 Å². The van der Waals surface area contributed by atoms with Gasteiger partial charge in [0.25, 0.3) is 0 Å². The molecule has 0 amide bonds. The Labute approximate surface area is 185 Å². The van der Waals surface area contributed by atoms with E-state index in [0.717, 1.165) is 41.2 Å². The highest BCUT2D eigenvalue weighted by molar-refractivity contribution is 5.66. The summed E-state index contributed by atoms with van der Waals surface area (Å²) in [5.74, 6) is 2.60. The average molecular weight is 412 g/mol. The highest BCUT2D eigenvalue weighted by Gasteiger charge is 2.53. The van der Waals surface area contributed by atoms with E-state index in [1.807, 2.05) is 12.1 Å². The van der Waals surface area contributed by atoms with Gasteiger partial charge in [-0.1, -0.05) is 52.7 Å². The van der Waals surface area contributed by atoms with Gasteiger partial charge in [0.15, 0.2) is 0 Å². The minimum atomic E-state index is 0.441. The molecule has 1 saturated carbocycles. The molecule has 3 heteroatoms. The van der Waals surface area contributed by atoms with Crippen LogP contribution in [-0.4, -0.2) is 28.6 Å². The van der Waals surface area contributed by atoms with Crippen LogP contribution in [0.1, 0.15) is 91.9 Å². The number of rotatable bonds is 7. The molecule has 0 radical (unpaired) electrons. The third-order valence-electron chi connectivity index (χ3n) is 8.69. The Kier molecular flexibility index (Phi) is 6.67. The highest BCUT2D eigenvalue weighted by Crippen LogP contribution is 2.51. The summed E-state index contributed by atoms with van der Waals surface area (Å²) in [5, 5.41) is 3.81. The van der Waals surface area contributed by atoms with Crippen molar-refractivity contribution in [2.45, 2.75) is 116 Å². The standard InChI is InChI=1S/C27H45N3/c1-5-21(6-2)18-27(16-19(3)13-20(4)17-27)30-23-11-12-24(30)15-22(14-23)29-26-10-8-7-9-25(26)28/h7-10,19-24,29H,5-6,11-18,28H2,1-4H3/t19?,20?,22?,23-,24+,27?. The zero-order valence-electron chi connectivity index (χ0n) is 19.9. The van der Waals surface area contributed by atoms with Crippen molar-refractivity contribution in [3.05, 3.63) is 24.3 Å². The summed E-state index contributed by atoms with van der Waals surface area (Å²) < 4.78 is 0. The van der Waals surface area contributed by atoms with E-state index in [1.54, 1.807) is 0 Å². The molecule has 3 nitrogen and oxygen atoms in total. The van der Waals surface area contributed by atoms with Crippen molar-refractivity contribution in [3.8, 4) is 0 Å². The lowest BCUT2D eigenvalue weighted by Crippen LogP contribution is -2.61. The first-order valence-electron chi connectivity index (χ1n) is 12.8. The largest absolute Gasteiger partial charge is 0.397 e. The minimum absolute atomic E-state index is 0.441. The number of nitrogens with two attached hydrogens (primary N) is 1. The van der Waals surface area contributed by atoms with Crippen molar-refractivity contribution in [2.24, 2.45) is 17.8 Å². The normalized spacial score (nSPS) is 36.9. The third-order valence-corrected chi connectivity index (χ3v) is 8.69. The van der Waals surface area contributed by atoms with E-state index in [1.165, 1.54) is 64.2 Å². The van der Waals surface area contributed by atoms with Crippen molar-refractivity contribution in [1.82, 2.24) is 4.90 Å². The van der Waals surface area contributed by atoms with Crippen LogP contribution in [0.4, 0.5) is 11.4 Å². The molecule has 2 aliphatic heterocycles. The summed E-state index contributed by atoms with van der Waals surface area (Å²) in [6, 6.07) is 10.3. The SMILES string of the molecule is CCC(CC)CC1(N2[C@@H]3CC[C@H]2CC(Nc2ccccc2N)C3)CC(C)CC(C)C1. The van der Waals surface area contributed by atoms with E-state index in [0.29, 0.717) is 11.6 Å². The van der Waals surface area contributed by atoms with Gasteiger partial charge in [-0.2, -0.15) is 0 Å². The van der Waals surface area contributed by atoms with Crippen molar-refractivity contribution in [3.63, 3.8) is 0 Å². The molecule has 168 valence electrons. The lowest BCUT2D eigenvalue weighted by atomic mass is 9.65. The van der Waals surface area contributed by atoms with E-state index < -0.39 is 0 Å². The molecule has 1 aromatic carbocycles. The van der Waals surface area contributed by atoms with Crippen LogP contribution in [0.25, 0.3) is 0 Å². The first-order valence-corrected chi connectivity index (χ1v) is 12.8. The number of hydrogen-bond donors (Lipinski definition) is 2. The molecule has 2 bridgehead atoms. The second-order valence-electron chi connectivity index (χ2n) is 11.2. The maximum Gasteiger partial charge on any atom is 0.0576 e. The Hall–Kier alpha value is -1.22. The van der Waals surface area contributed by atoms with Crippen LogP contribution in [0.3, 0.4) is 0 Å². The van der Waals surface area contributed by atoms with Crippen LogP contribution in [0.15, 0.2) is 24.3 Å². The Morgan fingerprint density at radius 2 is 1.60 bits per heavy atom. The summed E-state index contributed by atoms with van der Waals surface area (Å²) >= 11 is 0. The Balaban J connectivity index is 1.55. The van der Waals surface area contributed by atoms with Crippen LogP contribution in [-0.2, 0) is 0 Å². The van der Waals surface area contributed by atoms with Gasteiger partial charge in [-0.15, -0.1) is 0 Å². The van der Waals surface area contributed by atoms with Gasteiger partial charge in [0, 0.05) is 23.7 Å². The maximum atomic E-state index is 6.23. The molecule has 2 heterocycles. The van der Waals surface area contributed by atoms with Crippen LogP contribution in [0, 0.1) is 17.8 Å². The second kappa shape index (κ2) is 9.10. The number of para-hydroxylation sites is 2. The lowest BCUT2D eigenvalue weighted by molar-refractivity contribution is -0.0562. The number of benzene rings is 1. The zero-order valence-corrected chi connectivity index (χ0v) is 19.9. The number of nitrogens with zero attached hydrogens (tertiary/aromatic N) is 1. The molecule has 3 unspecified atom stereocenters. The molecular formula is C27H45N3. The molecule has 3 fully saturated rings. The molecule has 1 aliphatic carbocycles. The summed E-state index contributed by atoms with van der Waals surface area (Å²) in [5.41, 5.74) is 8.68. The van der Waals surface area contributed by atoms with Crippen LogP contribution in [0.5, 0.6) is 0 Å². The predicted molar refractivity (Wildman–Crippen MR) is 130 cm³/mol. The Morgan fingerprint density at radius 1 is 1.00 bits per heavy atom. The number of nitrogen functional groups attached to an aromatic ring is 1. The lowest BCUT2D eigenvalue weighted by Gasteiger charge is -2.56. The Bertz CT molecular complexity index is 673. The van der Waals surface area contributed by atoms with E-state index in [-0.39, 0.29) is 0 Å². The van der Waals surface area contributed by atoms with Crippen LogP contribution >= 0.6 is 0 Å². The van der Waals surface area contributed by atoms with Gasteiger partial charge >= 0.3 is 0 Å². The monoisotopic (exact) mass is 411 g/mol. The number of fused-ring (bicyclic) bond motifs is 2. The van der Waals surface area contributed by atoms with Crippen molar-refractivity contribution < 1.29 is 0 Å². The molecule has 3 aliphatic rings. The van der Waals surface area contributed by atoms with Crippen LogP contribution < -0.4 is 11.1 Å².